The smallest absolute Gasteiger partial charge is 0.0494 e. The third-order valence-electron chi connectivity index (χ3n) is 2.43. The maximum atomic E-state index is 5.52. The summed E-state index contributed by atoms with van der Waals surface area (Å²) >= 11 is 0. The van der Waals surface area contributed by atoms with Crippen LogP contribution in [0.2, 0.25) is 0 Å². The summed E-state index contributed by atoms with van der Waals surface area (Å²) < 4.78 is 5.52. The van der Waals surface area contributed by atoms with Crippen LogP contribution in [-0.2, 0) is 4.74 Å². The van der Waals surface area contributed by atoms with Crippen molar-refractivity contribution in [2.75, 3.05) is 13.2 Å². The van der Waals surface area contributed by atoms with E-state index in [1.54, 1.807) is 0 Å². The molecule has 0 aromatic rings. The van der Waals surface area contributed by atoms with E-state index in [-0.39, 0.29) is 0 Å². The first-order valence-corrected chi connectivity index (χ1v) is 5.01. The molecule has 1 saturated carbocycles. The number of hydrogen-bond acceptors (Lipinski definition) is 1. The summed E-state index contributed by atoms with van der Waals surface area (Å²) in [6.45, 7) is 4.14. The quantitative estimate of drug-likeness (QED) is 0.568. The molecule has 0 N–H and O–H groups in total. The Labute approximate surface area is 70.1 Å². The van der Waals surface area contributed by atoms with E-state index in [0.717, 1.165) is 25.6 Å². The lowest BCUT2D eigenvalue weighted by molar-refractivity contribution is 0.0858. The molecular weight excluding hydrogens is 136 g/mol. The molecule has 0 aromatic carbocycles. The zero-order chi connectivity index (χ0) is 7.94. The van der Waals surface area contributed by atoms with E-state index in [0.29, 0.717) is 0 Å². The van der Waals surface area contributed by atoms with Gasteiger partial charge in [0.15, 0.2) is 0 Å². The highest BCUT2D eigenvalue weighted by Gasteiger charge is 2.12. The topological polar surface area (TPSA) is 9.23 Å². The summed E-state index contributed by atoms with van der Waals surface area (Å²) in [6, 6.07) is 0. The molecule has 0 atom stereocenters. The fraction of sp³-hybridized carbons (Fsp3) is 1.00. The van der Waals surface area contributed by atoms with Crippen molar-refractivity contribution in [3.05, 3.63) is 0 Å². The van der Waals surface area contributed by atoms with E-state index in [1.807, 2.05) is 0 Å². The molecule has 0 aliphatic heterocycles. The molecule has 66 valence electrons. The Morgan fingerprint density at radius 2 is 1.91 bits per heavy atom. The van der Waals surface area contributed by atoms with Crippen molar-refractivity contribution in [2.24, 2.45) is 5.92 Å². The van der Waals surface area contributed by atoms with Crippen LogP contribution in [0, 0.1) is 5.92 Å². The van der Waals surface area contributed by atoms with Crippen molar-refractivity contribution in [2.45, 2.75) is 45.4 Å². The standard InChI is InChI=1S/C10H20O/c1-2-8-11-9-10-6-4-3-5-7-10/h10H,2-9H2,1H3. The van der Waals surface area contributed by atoms with E-state index < -0.39 is 0 Å². The molecule has 0 amide bonds. The van der Waals surface area contributed by atoms with Crippen molar-refractivity contribution in [1.29, 1.82) is 0 Å². The molecule has 0 bridgehead atoms. The molecule has 1 aliphatic rings. The van der Waals surface area contributed by atoms with Gasteiger partial charge in [0.05, 0.1) is 0 Å². The van der Waals surface area contributed by atoms with Crippen molar-refractivity contribution < 1.29 is 4.74 Å². The molecule has 0 heterocycles. The maximum absolute atomic E-state index is 5.52. The zero-order valence-electron chi connectivity index (χ0n) is 7.64. The van der Waals surface area contributed by atoms with Crippen LogP contribution in [0.5, 0.6) is 0 Å². The van der Waals surface area contributed by atoms with Crippen LogP contribution in [0.1, 0.15) is 45.4 Å². The second-order valence-electron chi connectivity index (χ2n) is 3.58. The first kappa shape index (κ1) is 9.05. The maximum Gasteiger partial charge on any atom is 0.0494 e. The van der Waals surface area contributed by atoms with E-state index in [2.05, 4.69) is 6.92 Å². The minimum atomic E-state index is 0.885. The Morgan fingerprint density at radius 3 is 2.55 bits per heavy atom. The normalized spacial score (nSPS) is 20.5. The van der Waals surface area contributed by atoms with Gasteiger partial charge < -0.3 is 4.74 Å². The first-order chi connectivity index (χ1) is 5.43. The van der Waals surface area contributed by atoms with Crippen LogP contribution in [0.25, 0.3) is 0 Å². The van der Waals surface area contributed by atoms with Crippen molar-refractivity contribution in [1.82, 2.24) is 0 Å². The Morgan fingerprint density at radius 1 is 1.18 bits per heavy atom. The third-order valence-corrected chi connectivity index (χ3v) is 2.43. The summed E-state index contributed by atoms with van der Waals surface area (Å²) in [5.41, 5.74) is 0. The van der Waals surface area contributed by atoms with Gasteiger partial charge in [0.25, 0.3) is 0 Å². The molecule has 1 nitrogen and oxygen atoms in total. The zero-order valence-corrected chi connectivity index (χ0v) is 7.64. The molecule has 1 rings (SSSR count). The summed E-state index contributed by atoms with van der Waals surface area (Å²) in [5, 5.41) is 0. The first-order valence-electron chi connectivity index (χ1n) is 5.01. The van der Waals surface area contributed by atoms with Gasteiger partial charge in [0, 0.05) is 13.2 Å². The summed E-state index contributed by atoms with van der Waals surface area (Å²) in [4.78, 5) is 0. The summed E-state index contributed by atoms with van der Waals surface area (Å²) in [5.74, 6) is 0.885. The van der Waals surface area contributed by atoms with E-state index >= 15 is 0 Å². The third kappa shape index (κ3) is 3.76. The van der Waals surface area contributed by atoms with Gasteiger partial charge in [-0.25, -0.2) is 0 Å². The lowest BCUT2D eigenvalue weighted by Crippen LogP contribution is -2.13. The minimum Gasteiger partial charge on any atom is -0.381 e. The number of ether oxygens (including phenoxy) is 1. The predicted octanol–water partition coefficient (Wildman–Crippen LogP) is 2.99. The Hall–Kier alpha value is -0.0400. The van der Waals surface area contributed by atoms with E-state index in [4.69, 9.17) is 4.74 Å². The molecule has 0 radical (unpaired) electrons. The van der Waals surface area contributed by atoms with Crippen LogP contribution in [-0.4, -0.2) is 13.2 Å². The molecule has 1 heteroatoms. The highest BCUT2D eigenvalue weighted by molar-refractivity contribution is 4.64. The molecular formula is C10H20O. The number of hydrogen-bond donors (Lipinski definition) is 0. The van der Waals surface area contributed by atoms with Crippen LogP contribution >= 0.6 is 0 Å². The highest BCUT2D eigenvalue weighted by atomic mass is 16.5. The van der Waals surface area contributed by atoms with Gasteiger partial charge in [0.2, 0.25) is 0 Å². The van der Waals surface area contributed by atoms with Gasteiger partial charge in [0.1, 0.15) is 0 Å². The van der Waals surface area contributed by atoms with Crippen LogP contribution in [0.4, 0.5) is 0 Å². The molecule has 0 unspecified atom stereocenters. The van der Waals surface area contributed by atoms with Gasteiger partial charge in [-0.05, 0) is 25.2 Å². The van der Waals surface area contributed by atoms with Crippen molar-refractivity contribution >= 4 is 0 Å². The molecule has 0 aromatic heterocycles. The van der Waals surface area contributed by atoms with Crippen molar-refractivity contribution in [3.63, 3.8) is 0 Å². The second kappa shape index (κ2) is 5.59. The molecule has 0 saturated heterocycles. The Kier molecular flexibility index (Phi) is 4.60. The molecule has 1 aliphatic carbocycles. The predicted molar refractivity (Wildman–Crippen MR) is 47.7 cm³/mol. The summed E-state index contributed by atoms with van der Waals surface area (Å²) in [7, 11) is 0. The minimum absolute atomic E-state index is 0.885. The van der Waals surface area contributed by atoms with Crippen molar-refractivity contribution in [3.8, 4) is 0 Å². The van der Waals surface area contributed by atoms with Gasteiger partial charge in [-0.15, -0.1) is 0 Å². The van der Waals surface area contributed by atoms with E-state index in [9.17, 15) is 0 Å². The monoisotopic (exact) mass is 156 g/mol. The molecule has 0 spiro atoms. The van der Waals surface area contributed by atoms with Gasteiger partial charge in [-0.3, -0.25) is 0 Å². The average Bonchev–Trinajstić information content (AvgIpc) is 2.07. The Balaban J connectivity index is 1.96. The van der Waals surface area contributed by atoms with Gasteiger partial charge >= 0.3 is 0 Å². The van der Waals surface area contributed by atoms with Gasteiger partial charge in [-0.1, -0.05) is 26.2 Å². The lowest BCUT2D eigenvalue weighted by atomic mass is 9.90. The SMILES string of the molecule is CCCOCC1CCCCC1. The molecule has 1 fully saturated rings. The van der Waals surface area contributed by atoms with Crippen LogP contribution in [0.3, 0.4) is 0 Å². The Bertz CT molecular complexity index is 84.9. The second-order valence-corrected chi connectivity index (χ2v) is 3.58. The van der Waals surface area contributed by atoms with Crippen LogP contribution < -0.4 is 0 Å². The summed E-state index contributed by atoms with van der Waals surface area (Å²) in [6.07, 6.45) is 8.28. The number of rotatable bonds is 4. The fourth-order valence-electron chi connectivity index (χ4n) is 1.75. The van der Waals surface area contributed by atoms with Crippen LogP contribution in [0.15, 0.2) is 0 Å². The largest absolute Gasteiger partial charge is 0.381 e. The van der Waals surface area contributed by atoms with E-state index in [1.165, 1.54) is 32.1 Å². The lowest BCUT2D eigenvalue weighted by Gasteiger charge is -2.20. The average molecular weight is 156 g/mol. The molecule has 11 heavy (non-hydrogen) atoms. The highest BCUT2D eigenvalue weighted by Crippen LogP contribution is 2.23. The van der Waals surface area contributed by atoms with Gasteiger partial charge in [-0.2, -0.15) is 0 Å². The fourth-order valence-corrected chi connectivity index (χ4v) is 1.75.